The first-order valence-electron chi connectivity index (χ1n) is 3.58. The largest absolute Gasteiger partial charge is 0.279 e. The van der Waals surface area contributed by atoms with Crippen LogP contribution in [0.3, 0.4) is 0 Å². The van der Waals surface area contributed by atoms with Crippen LogP contribution < -0.4 is 0 Å². The van der Waals surface area contributed by atoms with Gasteiger partial charge < -0.3 is 0 Å². The fourth-order valence-corrected chi connectivity index (χ4v) is 0.891. The van der Waals surface area contributed by atoms with Crippen molar-refractivity contribution >= 4 is 5.78 Å². The van der Waals surface area contributed by atoms with E-state index >= 15 is 0 Å². The number of carbonyl (C=O) groups excluding carboxylic acids is 1. The number of halogens is 2. The van der Waals surface area contributed by atoms with Crippen molar-refractivity contribution in [1.29, 1.82) is 0 Å². The Morgan fingerprint density at radius 3 is 2.31 bits per heavy atom. The molecule has 1 nitrogen and oxygen atoms in total. The smallest absolute Gasteiger partial charge is 0.241 e. The minimum absolute atomic E-state index is 0.586. The highest BCUT2D eigenvalue weighted by atomic mass is 19.1. The SMILES string of the molecule is CC#CC(=O)c1c(F)cccc1F. The average molecular weight is 180 g/mol. The third-order valence-corrected chi connectivity index (χ3v) is 1.43. The Balaban J connectivity index is 3.25. The van der Waals surface area contributed by atoms with Crippen LogP contribution in [0.5, 0.6) is 0 Å². The van der Waals surface area contributed by atoms with E-state index in [2.05, 4.69) is 11.8 Å². The summed E-state index contributed by atoms with van der Waals surface area (Å²) in [5, 5.41) is 0. The lowest BCUT2D eigenvalue weighted by Crippen LogP contribution is -2.02. The molecular weight excluding hydrogens is 174 g/mol. The maximum Gasteiger partial charge on any atom is 0.241 e. The number of hydrogen-bond acceptors (Lipinski definition) is 1. The van der Waals surface area contributed by atoms with E-state index in [0.717, 1.165) is 12.1 Å². The lowest BCUT2D eigenvalue weighted by Gasteiger charge is -1.97. The van der Waals surface area contributed by atoms with Gasteiger partial charge in [-0.15, -0.1) is 0 Å². The molecule has 1 aromatic carbocycles. The van der Waals surface area contributed by atoms with Gasteiger partial charge in [0.25, 0.3) is 0 Å². The first-order valence-corrected chi connectivity index (χ1v) is 3.58. The fourth-order valence-electron chi connectivity index (χ4n) is 0.891. The van der Waals surface area contributed by atoms with E-state index in [4.69, 9.17) is 0 Å². The minimum atomic E-state index is -0.882. The number of benzene rings is 1. The van der Waals surface area contributed by atoms with E-state index in [1.165, 1.54) is 13.0 Å². The highest BCUT2D eigenvalue weighted by Gasteiger charge is 2.14. The van der Waals surface area contributed by atoms with Gasteiger partial charge >= 0.3 is 0 Å². The van der Waals surface area contributed by atoms with E-state index in [-0.39, 0.29) is 0 Å². The van der Waals surface area contributed by atoms with Gasteiger partial charge in [-0.2, -0.15) is 0 Å². The molecule has 0 saturated heterocycles. The van der Waals surface area contributed by atoms with Crippen LogP contribution in [0, 0.1) is 23.5 Å². The van der Waals surface area contributed by atoms with Gasteiger partial charge in [0.1, 0.15) is 17.2 Å². The maximum absolute atomic E-state index is 12.9. The lowest BCUT2D eigenvalue weighted by atomic mass is 10.1. The quantitative estimate of drug-likeness (QED) is 0.367. The van der Waals surface area contributed by atoms with Crippen LogP contribution >= 0.6 is 0 Å². The van der Waals surface area contributed by atoms with Crippen molar-refractivity contribution in [2.75, 3.05) is 0 Å². The minimum Gasteiger partial charge on any atom is -0.279 e. The molecule has 0 unspecified atom stereocenters. The molecule has 0 aliphatic carbocycles. The van der Waals surface area contributed by atoms with Gasteiger partial charge in [0, 0.05) is 0 Å². The van der Waals surface area contributed by atoms with Crippen molar-refractivity contribution < 1.29 is 13.6 Å². The first kappa shape index (κ1) is 9.40. The molecule has 0 aliphatic heterocycles. The zero-order valence-corrected chi connectivity index (χ0v) is 6.90. The van der Waals surface area contributed by atoms with E-state index in [0.29, 0.717) is 0 Å². The number of rotatable bonds is 1. The van der Waals surface area contributed by atoms with Gasteiger partial charge in [-0.05, 0) is 25.0 Å². The summed E-state index contributed by atoms with van der Waals surface area (Å²) in [6.07, 6.45) is 0. The van der Waals surface area contributed by atoms with Crippen LogP contribution in [-0.2, 0) is 0 Å². The monoisotopic (exact) mass is 180 g/mol. The topological polar surface area (TPSA) is 17.1 Å². The number of hydrogen-bond donors (Lipinski definition) is 0. The molecule has 0 radical (unpaired) electrons. The summed E-state index contributed by atoms with van der Waals surface area (Å²) in [5.74, 6) is 1.76. The van der Waals surface area contributed by atoms with Crippen molar-refractivity contribution in [3.05, 3.63) is 35.4 Å². The van der Waals surface area contributed by atoms with E-state index < -0.39 is 23.0 Å². The molecule has 0 amide bonds. The van der Waals surface area contributed by atoms with Gasteiger partial charge in [0.05, 0.1) is 0 Å². The van der Waals surface area contributed by atoms with Gasteiger partial charge in [-0.25, -0.2) is 8.78 Å². The summed E-state index contributed by atoms with van der Waals surface area (Å²) in [6.45, 7) is 1.43. The third-order valence-electron chi connectivity index (χ3n) is 1.43. The van der Waals surface area contributed by atoms with Crippen LogP contribution in [0.4, 0.5) is 8.78 Å². The summed E-state index contributed by atoms with van der Waals surface area (Å²) in [5.41, 5.74) is -0.586. The molecule has 0 aliphatic rings. The predicted molar refractivity (Wildman–Crippen MR) is 44.1 cm³/mol. The molecule has 0 atom stereocenters. The molecule has 0 saturated carbocycles. The zero-order valence-electron chi connectivity index (χ0n) is 6.90. The van der Waals surface area contributed by atoms with Gasteiger partial charge in [0.2, 0.25) is 5.78 Å². The summed E-state index contributed by atoms with van der Waals surface area (Å²) in [6, 6.07) is 3.24. The third kappa shape index (κ3) is 1.91. The summed E-state index contributed by atoms with van der Waals surface area (Å²) in [7, 11) is 0. The number of Topliss-reactive ketones (excluding diaryl/α,β-unsaturated/α-hetero) is 1. The Morgan fingerprint density at radius 1 is 1.31 bits per heavy atom. The number of ketones is 1. The van der Waals surface area contributed by atoms with Crippen LogP contribution in [0.15, 0.2) is 18.2 Å². The second-order valence-electron chi connectivity index (χ2n) is 2.30. The predicted octanol–water partition coefficient (Wildman–Crippen LogP) is 2.17. The van der Waals surface area contributed by atoms with E-state index in [1.807, 2.05) is 0 Å². The second-order valence-corrected chi connectivity index (χ2v) is 2.30. The van der Waals surface area contributed by atoms with Gasteiger partial charge in [0.15, 0.2) is 0 Å². The van der Waals surface area contributed by atoms with E-state index in [9.17, 15) is 13.6 Å². The standard InChI is InChI=1S/C10H6F2O/c1-2-4-9(13)10-7(11)5-3-6-8(10)12/h3,5-6H,1H3. The molecule has 0 bridgehead atoms. The zero-order chi connectivity index (χ0) is 9.84. The molecule has 3 heteroatoms. The average Bonchev–Trinajstić information content (AvgIpc) is 2.04. The molecule has 1 aromatic rings. The first-order chi connectivity index (χ1) is 6.16. The van der Waals surface area contributed by atoms with E-state index in [1.54, 1.807) is 0 Å². The Hall–Kier alpha value is -1.69. The van der Waals surface area contributed by atoms with Crippen LogP contribution in [0.25, 0.3) is 0 Å². The van der Waals surface area contributed by atoms with Crippen molar-refractivity contribution in [3.8, 4) is 11.8 Å². The van der Waals surface area contributed by atoms with Crippen molar-refractivity contribution in [3.63, 3.8) is 0 Å². The van der Waals surface area contributed by atoms with Crippen LogP contribution in [-0.4, -0.2) is 5.78 Å². The Bertz CT molecular complexity index is 379. The highest BCUT2D eigenvalue weighted by molar-refractivity contribution is 6.09. The molecule has 66 valence electrons. The fraction of sp³-hybridized carbons (Fsp3) is 0.100. The molecule has 13 heavy (non-hydrogen) atoms. The Morgan fingerprint density at radius 2 is 1.85 bits per heavy atom. The van der Waals surface area contributed by atoms with Crippen molar-refractivity contribution in [2.24, 2.45) is 0 Å². The molecule has 0 N–H and O–H groups in total. The van der Waals surface area contributed by atoms with Crippen molar-refractivity contribution in [1.82, 2.24) is 0 Å². The van der Waals surface area contributed by atoms with Crippen molar-refractivity contribution in [2.45, 2.75) is 6.92 Å². The number of carbonyl (C=O) groups is 1. The maximum atomic E-state index is 12.9. The van der Waals surface area contributed by atoms with Crippen LogP contribution in [0.1, 0.15) is 17.3 Å². The normalized spacial score (nSPS) is 8.85. The molecule has 1 rings (SSSR count). The molecular formula is C10H6F2O. The summed E-state index contributed by atoms with van der Waals surface area (Å²) >= 11 is 0. The Labute approximate surface area is 74.4 Å². The van der Waals surface area contributed by atoms with Crippen LogP contribution in [0.2, 0.25) is 0 Å². The summed E-state index contributed by atoms with van der Waals surface area (Å²) in [4.78, 5) is 11.0. The van der Waals surface area contributed by atoms with Gasteiger partial charge in [-0.3, -0.25) is 4.79 Å². The van der Waals surface area contributed by atoms with Gasteiger partial charge in [-0.1, -0.05) is 12.0 Å². The lowest BCUT2D eigenvalue weighted by molar-refractivity contribution is 0.104. The highest BCUT2D eigenvalue weighted by Crippen LogP contribution is 2.11. The molecule has 0 heterocycles. The Kier molecular flexibility index (Phi) is 2.76. The second kappa shape index (κ2) is 3.81. The molecule has 0 fully saturated rings. The molecule has 0 aromatic heterocycles. The summed E-state index contributed by atoms with van der Waals surface area (Å²) < 4.78 is 25.8. The molecule has 0 spiro atoms.